The van der Waals surface area contributed by atoms with Crippen LogP contribution in [0, 0.1) is 23.2 Å². The number of hydrogen-bond donors (Lipinski definition) is 2. The van der Waals surface area contributed by atoms with Gasteiger partial charge in [-0.3, -0.25) is 4.79 Å². The lowest BCUT2D eigenvalue weighted by Crippen LogP contribution is -2.65. The van der Waals surface area contributed by atoms with Crippen LogP contribution >= 0.6 is 0 Å². The highest BCUT2D eigenvalue weighted by Crippen LogP contribution is 2.65. The Hall–Kier alpha value is -3.62. The maximum Gasteiger partial charge on any atom is 0.481 e. The number of rotatable bonds is 10. The zero-order valence-electron chi connectivity index (χ0n) is 28.2. The first-order chi connectivity index (χ1) is 22.5. The summed E-state index contributed by atoms with van der Waals surface area (Å²) in [7, 11) is -0.543. The molecule has 1 aliphatic heterocycles. The van der Waals surface area contributed by atoms with Gasteiger partial charge in [-0.1, -0.05) is 107 Å². The van der Waals surface area contributed by atoms with Gasteiger partial charge in [0.05, 0.1) is 17.6 Å². The van der Waals surface area contributed by atoms with Crippen molar-refractivity contribution in [2.24, 2.45) is 23.2 Å². The van der Waals surface area contributed by atoms with Gasteiger partial charge in [-0.15, -0.1) is 0 Å². The lowest BCUT2D eigenvalue weighted by Gasteiger charge is -2.64. The minimum Gasteiger partial charge on any atom is -0.449 e. The molecule has 7 nitrogen and oxygen atoms in total. The molecule has 2 bridgehead atoms. The zero-order valence-corrected chi connectivity index (χ0v) is 28.2. The molecule has 3 aromatic carbocycles. The summed E-state index contributed by atoms with van der Waals surface area (Å²) < 4.78 is 19.3. The Bertz CT molecular complexity index is 1580. The molecular formula is C39H47BN2O5. The number of fused-ring (bicyclic) bond motifs is 3. The molecule has 3 aromatic rings. The van der Waals surface area contributed by atoms with Crippen LogP contribution in [0.1, 0.15) is 76.5 Å². The van der Waals surface area contributed by atoms with Gasteiger partial charge in [-0.2, -0.15) is 0 Å². The largest absolute Gasteiger partial charge is 0.481 e. The van der Waals surface area contributed by atoms with Gasteiger partial charge < -0.3 is 24.7 Å². The van der Waals surface area contributed by atoms with E-state index in [1.165, 1.54) is 17.5 Å². The third-order valence-electron chi connectivity index (χ3n) is 11.6. The smallest absolute Gasteiger partial charge is 0.449 e. The van der Waals surface area contributed by atoms with Gasteiger partial charge in [-0.25, -0.2) is 4.79 Å². The number of benzene rings is 3. The number of alkyl carbamates (subject to hydrolysis) is 1. The molecule has 4 aliphatic carbocycles. The van der Waals surface area contributed by atoms with E-state index in [2.05, 4.69) is 69.5 Å². The minimum atomic E-state index is -0.839. The molecule has 5 aliphatic rings. The number of ether oxygens (including phenoxy) is 1. The number of carbonyl (C=O) groups excluding carboxylic acids is 2. The molecule has 2 N–H and O–H groups in total. The molecule has 0 unspecified atom stereocenters. The van der Waals surface area contributed by atoms with Crippen LogP contribution in [0.3, 0.4) is 0 Å². The molecular weight excluding hydrogens is 587 g/mol. The van der Waals surface area contributed by atoms with Crippen LogP contribution in [0.4, 0.5) is 4.79 Å². The van der Waals surface area contributed by atoms with Crippen LogP contribution < -0.4 is 10.6 Å². The minimum absolute atomic E-state index is 0.0231. The SMILES string of the molecule is CC(C)C[C@H](NC(=O)[C@H](Cc1ccccc1)NC(=O)OCC1c2ccccc2-c2ccccc21)B1O[C@@H]2C[C@@H]3C[C@@H](C3(C)C)[C@]2(C)O1. The van der Waals surface area contributed by atoms with E-state index in [1.807, 2.05) is 54.6 Å². The second-order valence-corrected chi connectivity index (χ2v) is 15.3. The Labute approximate surface area is 279 Å². The predicted octanol–water partition coefficient (Wildman–Crippen LogP) is 6.93. The van der Waals surface area contributed by atoms with Crippen molar-refractivity contribution in [1.29, 1.82) is 0 Å². The van der Waals surface area contributed by atoms with Gasteiger partial charge in [0, 0.05) is 12.3 Å². The Morgan fingerprint density at radius 1 is 0.894 bits per heavy atom. The third kappa shape index (κ3) is 5.88. The molecule has 6 atom stereocenters. The van der Waals surface area contributed by atoms with Crippen LogP contribution in [-0.4, -0.2) is 49.4 Å². The van der Waals surface area contributed by atoms with E-state index in [0.29, 0.717) is 30.6 Å². The van der Waals surface area contributed by atoms with E-state index in [4.69, 9.17) is 14.0 Å². The molecule has 1 saturated heterocycles. The van der Waals surface area contributed by atoms with Crippen molar-refractivity contribution in [2.75, 3.05) is 6.61 Å². The third-order valence-corrected chi connectivity index (χ3v) is 11.6. The van der Waals surface area contributed by atoms with E-state index in [9.17, 15) is 9.59 Å². The van der Waals surface area contributed by atoms with Crippen molar-refractivity contribution < 1.29 is 23.6 Å². The monoisotopic (exact) mass is 634 g/mol. The summed E-state index contributed by atoms with van der Waals surface area (Å²) in [6.07, 6.45) is 2.58. The zero-order chi connectivity index (χ0) is 32.9. The number of hydrogen-bond acceptors (Lipinski definition) is 5. The molecule has 0 aromatic heterocycles. The molecule has 0 spiro atoms. The average molecular weight is 635 g/mol. The second-order valence-electron chi connectivity index (χ2n) is 15.3. The highest BCUT2D eigenvalue weighted by Gasteiger charge is 2.68. The van der Waals surface area contributed by atoms with E-state index in [-0.39, 0.29) is 41.5 Å². The Morgan fingerprint density at radius 2 is 1.53 bits per heavy atom. The lowest BCUT2D eigenvalue weighted by atomic mass is 9.43. The van der Waals surface area contributed by atoms with Gasteiger partial charge in [-0.05, 0) is 77.2 Å². The van der Waals surface area contributed by atoms with Crippen LogP contribution in [0.2, 0.25) is 0 Å². The molecule has 0 radical (unpaired) electrons. The predicted molar refractivity (Wildman–Crippen MR) is 184 cm³/mol. The van der Waals surface area contributed by atoms with Crippen molar-refractivity contribution in [2.45, 2.75) is 89.9 Å². The fraction of sp³-hybridized carbons (Fsp3) is 0.487. The molecule has 1 heterocycles. The second kappa shape index (κ2) is 12.4. The summed E-state index contributed by atoms with van der Waals surface area (Å²) in [5.74, 6) is 0.680. The van der Waals surface area contributed by atoms with Crippen molar-refractivity contribution >= 4 is 19.1 Å². The van der Waals surface area contributed by atoms with Crippen LogP contribution in [-0.2, 0) is 25.3 Å². The van der Waals surface area contributed by atoms with Gasteiger partial charge in [0.2, 0.25) is 5.91 Å². The normalized spacial score (nSPS) is 26.4. The topological polar surface area (TPSA) is 85.9 Å². The highest BCUT2D eigenvalue weighted by atomic mass is 16.7. The molecule has 8 heteroatoms. The van der Waals surface area contributed by atoms with Gasteiger partial charge in [0.25, 0.3) is 0 Å². The van der Waals surface area contributed by atoms with Crippen LogP contribution in [0.25, 0.3) is 11.1 Å². The highest BCUT2D eigenvalue weighted by molar-refractivity contribution is 6.48. The van der Waals surface area contributed by atoms with Gasteiger partial charge in [0.1, 0.15) is 12.6 Å². The number of amides is 2. The van der Waals surface area contributed by atoms with Crippen molar-refractivity contribution in [3.8, 4) is 11.1 Å². The molecule has 4 fully saturated rings. The first kappa shape index (κ1) is 32.0. The number of carbonyl (C=O) groups is 2. The maximum absolute atomic E-state index is 14.1. The lowest BCUT2D eigenvalue weighted by molar-refractivity contribution is -0.199. The summed E-state index contributed by atoms with van der Waals surface area (Å²) in [4.78, 5) is 27.5. The van der Waals surface area contributed by atoms with Crippen LogP contribution in [0.15, 0.2) is 78.9 Å². The molecule has 246 valence electrons. The van der Waals surface area contributed by atoms with E-state index >= 15 is 0 Å². The standard InChI is InChI=1S/C39H47BN2O5/c1-24(2)19-35(40-46-34-22-26-21-33(38(26,3)4)39(34,5)47-40)42-36(43)32(20-25-13-7-6-8-14-25)41-37(44)45-23-31-29-17-11-9-15-27(29)28-16-10-12-18-30(28)31/h6-18,24,26,31-35H,19-23H2,1-5H3,(H,41,44)(H,42,43)/t26-,32-,33-,34+,35-,39-/m0/s1. The van der Waals surface area contributed by atoms with E-state index in [1.54, 1.807) is 0 Å². The van der Waals surface area contributed by atoms with Gasteiger partial charge >= 0.3 is 13.2 Å². The van der Waals surface area contributed by atoms with Gasteiger partial charge in [0.15, 0.2) is 0 Å². The Kier molecular flexibility index (Phi) is 8.46. The maximum atomic E-state index is 14.1. The molecule has 3 saturated carbocycles. The fourth-order valence-corrected chi connectivity index (χ4v) is 8.94. The van der Waals surface area contributed by atoms with Crippen LogP contribution in [0.5, 0.6) is 0 Å². The van der Waals surface area contributed by atoms with Crippen molar-refractivity contribution in [3.63, 3.8) is 0 Å². The summed E-state index contributed by atoms with van der Waals surface area (Å²) >= 11 is 0. The number of nitrogens with one attached hydrogen (secondary N) is 2. The summed E-state index contributed by atoms with van der Waals surface area (Å²) in [5.41, 5.74) is 5.42. The fourth-order valence-electron chi connectivity index (χ4n) is 8.94. The first-order valence-electron chi connectivity index (χ1n) is 17.3. The summed E-state index contributed by atoms with van der Waals surface area (Å²) in [6.45, 7) is 11.3. The Balaban J connectivity index is 1.06. The Morgan fingerprint density at radius 3 is 2.17 bits per heavy atom. The summed E-state index contributed by atoms with van der Waals surface area (Å²) in [5, 5.41) is 6.17. The molecule has 47 heavy (non-hydrogen) atoms. The molecule has 8 rings (SSSR count). The quantitative estimate of drug-likeness (QED) is 0.236. The van der Waals surface area contributed by atoms with Crippen molar-refractivity contribution in [3.05, 3.63) is 95.6 Å². The van der Waals surface area contributed by atoms with E-state index < -0.39 is 19.3 Å². The first-order valence-corrected chi connectivity index (χ1v) is 17.3. The van der Waals surface area contributed by atoms with Crippen molar-refractivity contribution in [1.82, 2.24) is 10.6 Å². The van der Waals surface area contributed by atoms with E-state index in [0.717, 1.165) is 23.1 Å². The molecule has 2 amide bonds. The average Bonchev–Trinajstić information content (AvgIpc) is 3.58. The summed E-state index contributed by atoms with van der Waals surface area (Å²) in [6, 6.07) is 25.4.